The second-order valence-electron chi connectivity index (χ2n) is 23.9. The number of carbonyl (C=O) groups excluding carboxylic acids is 2. The Morgan fingerprint density at radius 1 is 0.355 bits per heavy atom. The quantitative estimate of drug-likeness (QED) is 0.0320. The Morgan fingerprint density at radius 2 is 0.618 bits per heavy atom. The Hall–Kier alpha value is -1.66. The summed E-state index contributed by atoms with van der Waals surface area (Å²) >= 11 is 0. The zero-order valence-electron chi connectivity index (χ0n) is 51.5. The van der Waals surface area contributed by atoms with Gasteiger partial charge in [0.2, 0.25) is 5.91 Å². The van der Waals surface area contributed by atoms with Crippen LogP contribution in [-0.4, -0.2) is 47.4 Å². The van der Waals surface area contributed by atoms with Gasteiger partial charge < -0.3 is 20.3 Å². The summed E-state index contributed by atoms with van der Waals surface area (Å²) in [5.41, 5.74) is 0. The molecule has 0 aliphatic carbocycles. The molecule has 3 N–H and O–H groups in total. The molecule has 0 aliphatic heterocycles. The monoisotopic (exact) mass is 1070 g/mol. The molecule has 0 rings (SSSR count). The van der Waals surface area contributed by atoms with Crippen molar-refractivity contribution in [3.8, 4) is 0 Å². The van der Waals surface area contributed by atoms with Crippen molar-refractivity contribution in [2.45, 2.75) is 398 Å². The smallest absolute Gasteiger partial charge is 0.305 e. The minimum Gasteiger partial charge on any atom is -0.466 e. The number of carbonyl (C=O) groups is 2. The van der Waals surface area contributed by atoms with Crippen LogP contribution < -0.4 is 5.32 Å². The molecule has 2 unspecified atom stereocenters. The largest absolute Gasteiger partial charge is 0.466 e. The van der Waals surface area contributed by atoms with Crippen molar-refractivity contribution in [3.63, 3.8) is 0 Å². The van der Waals surface area contributed by atoms with Crippen molar-refractivity contribution in [3.05, 3.63) is 24.3 Å². The molecule has 6 heteroatoms. The van der Waals surface area contributed by atoms with Gasteiger partial charge in [0.25, 0.3) is 0 Å². The maximum absolute atomic E-state index is 12.5. The molecule has 0 aromatic rings. The van der Waals surface area contributed by atoms with Gasteiger partial charge in [0.1, 0.15) is 0 Å². The molecule has 450 valence electrons. The van der Waals surface area contributed by atoms with E-state index in [1.54, 1.807) is 0 Å². The lowest BCUT2D eigenvalue weighted by Gasteiger charge is -2.22. The third kappa shape index (κ3) is 61.6. The molecule has 2 atom stereocenters. The van der Waals surface area contributed by atoms with Crippen LogP contribution in [0.5, 0.6) is 0 Å². The lowest BCUT2D eigenvalue weighted by Crippen LogP contribution is -2.45. The zero-order valence-corrected chi connectivity index (χ0v) is 51.5. The maximum atomic E-state index is 12.5. The van der Waals surface area contributed by atoms with Gasteiger partial charge in [0.15, 0.2) is 0 Å². The number of hydrogen-bond acceptors (Lipinski definition) is 5. The molecular formula is C70H135NO5. The van der Waals surface area contributed by atoms with Gasteiger partial charge in [0, 0.05) is 12.8 Å². The molecular weight excluding hydrogens is 935 g/mol. The molecule has 0 aromatic heterocycles. The van der Waals surface area contributed by atoms with E-state index in [0.717, 1.165) is 44.9 Å². The molecule has 0 fully saturated rings. The predicted molar refractivity (Wildman–Crippen MR) is 333 cm³/mol. The summed E-state index contributed by atoms with van der Waals surface area (Å²) < 4.78 is 5.48. The van der Waals surface area contributed by atoms with Crippen molar-refractivity contribution >= 4 is 11.9 Å². The first-order chi connectivity index (χ1) is 37.5. The number of hydrogen-bond donors (Lipinski definition) is 3. The molecule has 6 nitrogen and oxygen atoms in total. The van der Waals surface area contributed by atoms with Crippen LogP contribution in [0.4, 0.5) is 0 Å². The number of aliphatic hydroxyl groups is 2. The van der Waals surface area contributed by atoms with Gasteiger partial charge in [-0.25, -0.2) is 0 Å². The summed E-state index contributed by atoms with van der Waals surface area (Å²) in [6, 6.07) is -0.538. The summed E-state index contributed by atoms with van der Waals surface area (Å²) in [6.45, 7) is 4.96. The molecule has 0 heterocycles. The topological polar surface area (TPSA) is 95.9 Å². The van der Waals surface area contributed by atoms with E-state index < -0.39 is 12.1 Å². The van der Waals surface area contributed by atoms with Gasteiger partial charge in [-0.15, -0.1) is 0 Å². The number of rotatable bonds is 65. The summed E-state index contributed by atoms with van der Waals surface area (Å²) in [7, 11) is 0. The van der Waals surface area contributed by atoms with E-state index in [-0.39, 0.29) is 18.5 Å². The van der Waals surface area contributed by atoms with E-state index in [1.807, 2.05) is 0 Å². The molecule has 0 saturated carbocycles. The molecule has 0 saturated heterocycles. The first-order valence-electron chi connectivity index (χ1n) is 34.6. The normalized spacial score (nSPS) is 12.6. The Kier molecular flexibility index (Phi) is 64.4. The number of ether oxygens (including phenoxy) is 1. The fourth-order valence-corrected chi connectivity index (χ4v) is 10.9. The Labute approximate surface area is 475 Å². The third-order valence-electron chi connectivity index (χ3n) is 16.2. The Bertz CT molecular complexity index is 1190. The minimum absolute atomic E-state index is 0.00981. The van der Waals surface area contributed by atoms with E-state index in [1.165, 1.54) is 308 Å². The molecule has 1 amide bonds. The van der Waals surface area contributed by atoms with E-state index in [4.69, 9.17) is 4.74 Å². The van der Waals surface area contributed by atoms with E-state index in [9.17, 15) is 19.8 Å². The SMILES string of the molecule is CCCCCC/C=C\CCCCCCCC(=O)OCCCCCCCCCCCCCC/C=C\CCCCCCCCCCCCCCCCCCCC(=O)NC(CO)C(O)CCCCCCCCCCCCCCC. The van der Waals surface area contributed by atoms with Gasteiger partial charge in [-0.1, -0.05) is 321 Å². The van der Waals surface area contributed by atoms with Gasteiger partial charge in [-0.3, -0.25) is 9.59 Å². The molecule has 0 bridgehead atoms. The highest BCUT2D eigenvalue weighted by atomic mass is 16.5. The maximum Gasteiger partial charge on any atom is 0.305 e. The van der Waals surface area contributed by atoms with Crippen LogP contribution >= 0.6 is 0 Å². The molecule has 0 spiro atoms. The standard InChI is InChI=1S/C70H135NO5/c1-3-5-7-9-11-13-15-38-42-46-50-54-58-62-68(73)67(66-72)71-69(74)63-59-55-51-47-43-40-36-34-32-30-28-26-24-22-20-18-17-19-21-23-25-27-29-31-33-35-37-41-45-49-53-57-61-65-76-70(75)64-60-56-52-48-44-39-16-14-12-10-8-6-4-2/h14,16,21,23,67-68,72-73H,3-13,15,17-20,22,24-66H2,1-2H3,(H,71,74)/b16-14-,23-21-. The van der Waals surface area contributed by atoms with Crippen LogP contribution in [0.3, 0.4) is 0 Å². The summed E-state index contributed by atoms with van der Waals surface area (Å²) in [4.78, 5) is 24.5. The van der Waals surface area contributed by atoms with Crippen LogP contribution in [0.1, 0.15) is 386 Å². The van der Waals surface area contributed by atoms with Crippen LogP contribution in [0.15, 0.2) is 24.3 Å². The van der Waals surface area contributed by atoms with Crippen molar-refractivity contribution in [1.29, 1.82) is 0 Å². The fourth-order valence-electron chi connectivity index (χ4n) is 10.9. The number of esters is 1. The van der Waals surface area contributed by atoms with Gasteiger partial charge in [0.05, 0.1) is 25.4 Å². The predicted octanol–water partition coefficient (Wildman–Crippen LogP) is 22.1. The number of allylic oxidation sites excluding steroid dienone is 4. The third-order valence-corrected chi connectivity index (χ3v) is 16.2. The van der Waals surface area contributed by atoms with E-state index in [0.29, 0.717) is 25.9 Å². The summed E-state index contributed by atoms with van der Waals surface area (Å²) in [6.07, 6.45) is 82.3. The average molecular weight is 1070 g/mol. The minimum atomic E-state index is -0.661. The van der Waals surface area contributed by atoms with Gasteiger partial charge >= 0.3 is 5.97 Å². The highest BCUT2D eigenvalue weighted by Gasteiger charge is 2.20. The second-order valence-corrected chi connectivity index (χ2v) is 23.9. The van der Waals surface area contributed by atoms with E-state index in [2.05, 4.69) is 43.5 Å². The van der Waals surface area contributed by atoms with Gasteiger partial charge in [-0.2, -0.15) is 0 Å². The number of unbranched alkanes of at least 4 members (excludes halogenated alkanes) is 50. The highest BCUT2D eigenvalue weighted by molar-refractivity contribution is 5.76. The highest BCUT2D eigenvalue weighted by Crippen LogP contribution is 2.18. The van der Waals surface area contributed by atoms with Crippen molar-refractivity contribution < 1.29 is 24.5 Å². The van der Waals surface area contributed by atoms with E-state index >= 15 is 0 Å². The van der Waals surface area contributed by atoms with Crippen LogP contribution in [0.2, 0.25) is 0 Å². The zero-order chi connectivity index (χ0) is 55.0. The first-order valence-corrected chi connectivity index (χ1v) is 34.6. The van der Waals surface area contributed by atoms with Crippen LogP contribution in [-0.2, 0) is 14.3 Å². The Morgan fingerprint density at radius 3 is 0.947 bits per heavy atom. The van der Waals surface area contributed by atoms with Crippen molar-refractivity contribution in [1.82, 2.24) is 5.32 Å². The molecule has 0 aromatic carbocycles. The average Bonchev–Trinajstić information content (AvgIpc) is 3.42. The van der Waals surface area contributed by atoms with Crippen molar-refractivity contribution in [2.75, 3.05) is 13.2 Å². The molecule has 0 aliphatic rings. The van der Waals surface area contributed by atoms with Gasteiger partial charge in [-0.05, 0) is 77.0 Å². The second kappa shape index (κ2) is 65.9. The first kappa shape index (κ1) is 74.3. The lowest BCUT2D eigenvalue weighted by atomic mass is 10.0. The summed E-state index contributed by atoms with van der Waals surface area (Å²) in [5, 5.41) is 23.3. The molecule has 0 radical (unpaired) electrons. The number of aliphatic hydroxyl groups excluding tert-OH is 2. The lowest BCUT2D eigenvalue weighted by molar-refractivity contribution is -0.143. The molecule has 76 heavy (non-hydrogen) atoms. The number of nitrogens with one attached hydrogen (secondary N) is 1. The fraction of sp³-hybridized carbons (Fsp3) is 0.914. The van der Waals surface area contributed by atoms with Crippen LogP contribution in [0.25, 0.3) is 0 Å². The van der Waals surface area contributed by atoms with Crippen molar-refractivity contribution in [2.24, 2.45) is 0 Å². The van der Waals surface area contributed by atoms with Crippen LogP contribution in [0, 0.1) is 0 Å². The number of amides is 1. The Balaban J connectivity index is 3.33. The summed E-state index contributed by atoms with van der Waals surface area (Å²) in [5.74, 6) is -0.0201.